The summed E-state index contributed by atoms with van der Waals surface area (Å²) in [5, 5.41) is 10.8. The second-order valence-corrected chi connectivity index (χ2v) is 8.61. The minimum absolute atomic E-state index is 0.110. The molecule has 1 aromatic heterocycles. The summed E-state index contributed by atoms with van der Waals surface area (Å²) in [6.45, 7) is 4.00. The summed E-state index contributed by atoms with van der Waals surface area (Å²) in [5.74, 6) is 1.63. The number of hydrogen-bond acceptors (Lipinski definition) is 5. The molecule has 170 valence electrons. The van der Waals surface area contributed by atoms with Crippen molar-refractivity contribution in [1.29, 1.82) is 0 Å². The molecule has 31 heavy (non-hydrogen) atoms. The van der Waals surface area contributed by atoms with Crippen LogP contribution in [0.1, 0.15) is 42.9 Å². The predicted octanol–water partition coefficient (Wildman–Crippen LogP) is 2.87. The maximum absolute atomic E-state index is 12.9. The smallest absolute Gasteiger partial charge is 0.225 e. The third-order valence-corrected chi connectivity index (χ3v) is 6.21. The van der Waals surface area contributed by atoms with Gasteiger partial charge >= 0.3 is 0 Å². The lowest BCUT2D eigenvalue weighted by Crippen LogP contribution is -2.37. The SMILES string of the molecule is CNCCN(C)Cc1c[nH]nc1C1CCC(C(=O)N(C)CCOc2ccccc2)CC1. The Morgan fingerprint density at radius 3 is 2.61 bits per heavy atom. The molecule has 7 nitrogen and oxygen atoms in total. The quantitative estimate of drug-likeness (QED) is 0.577. The Kier molecular flexibility index (Phi) is 8.91. The summed E-state index contributed by atoms with van der Waals surface area (Å²) in [4.78, 5) is 17.0. The fraction of sp³-hybridized carbons (Fsp3) is 0.583. The Labute approximate surface area is 186 Å². The van der Waals surface area contributed by atoms with E-state index in [9.17, 15) is 4.79 Å². The van der Waals surface area contributed by atoms with Gasteiger partial charge in [0.1, 0.15) is 12.4 Å². The van der Waals surface area contributed by atoms with Crippen molar-refractivity contribution >= 4 is 5.91 Å². The molecule has 1 heterocycles. The molecule has 3 rings (SSSR count). The molecule has 1 aromatic carbocycles. The highest BCUT2D eigenvalue weighted by Gasteiger charge is 2.30. The zero-order valence-corrected chi connectivity index (χ0v) is 19.1. The standard InChI is InChI=1S/C24H37N5O2/c1-25-13-14-28(2)18-21-17-26-27-23(21)19-9-11-20(12-10-19)24(30)29(3)15-16-31-22-7-5-4-6-8-22/h4-8,17,19-20,25H,9-16,18H2,1-3H3,(H,26,27). The Balaban J connectivity index is 1.44. The number of nitrogens with zero attached hydrogens (tertiary/aromatic N) is 3. The Morgan fingerprint density at radius 1 is 1.16 bits per heavy atom. The number of hydrogen-bond donors (Lipinski definition) is 2. The largest absolute Gasteiger partial charge is 0.492 e. The number of likely N-dealkylation sites (N-methyl/N-ethyl adjacent to an activating group) is 3. The van der Waals surface area contributed by atoms with Crippen LogP contribution in [0.3, 0.4) is 0 Å². The second kappa shape index (κ2) is 11.9. The lowest BCUT2D eigenvalue weighted by molar-refractivity contribution is -0.135. The monoisotopic (exact) mass is 427 g/mol. The van der Waals surface area contributed by atoms with Crippen LogP contribution >= 0.6 is 0 Å². The first-order valence-electron chi connectivity index (χ1n) is 11.4. The van der Waals surface area contributed by atoms with Crippen LogP contribution in [-0.2, 0) is 11.3 Å². The van der Waals surface area contributed by atoms with E-state index in [0.29, 0.717) is 19.1 Å². The van der Waals surface area contributed by atoms with Gasteiger partial charge in [0.25, 0.3) is 0 Å². The van der Waals surface area contributed by atoms with E-state index in [4.69, 9.17) is 4.74 Å². The normalized spacial score (nSPS) is 18.8. The highest BCUT2D eigenvalue weighted by molar-refractivity contribution is 5.78. The van der Waals surface area contributed by atoms with Gasteiger partial charge in [-0.25, -0.2) is 0 Å². The second-order valence-electron chi connectivity index (χ2n) is 8.61. The third-order valence-electron chi connectivity index (χ3n) is 6.21. The average molecular weight is 428 g/mol. The number of para-hydroxylation sites is 1. The Morgan fingerprint density at radius 2 is 1.90 bits per heavy atom. The molecule has 2 aromatic rings. The highest BCUT2D eigenvalue weighted by atomic mass is 16.5. The number of carbonyl (C=O) groups excluding carboxylic acids is 1. The van der Waals surface area contributed by atoms with Crippen LogP contribution in [0.15, 0.2) is 36.5 Å². The van der Waals surface area contributed by atoms with Crippen LogP contribution in [0.2, 0.25) is 0 Å². The van der Waals surface area contributed by atoms with Crippen molar-refractivity contribution in [3.8, 4) is 5.75 Å². The number of carbonyl (C=O) groups is 1. The van der Waals surface area contributed by atoms with E-state index < -0.39 is 0 Å². The van der Waals surface area contributed by atoms with Crippen LogP contribution in [-0.4, -0.2) is 73.3 Å². The van der Waals surface area contributed by atoms with Crippen LogP contribution < -0.4 is 10.1 Å². The van der Waals surface area contributed by atoms with Gasteiger partial charge in [-0.3, -0.25) is 9.89 Å². The van der Waals surface area contributed by atoms with Crippen LogP contribution in [0.4, 0.5) is 0 Å². The molecule has 0 bridgehead atoms. The van der Waals surface area contributed by atoms with Crippen molar-refractivity contribution in [2.75, 3.05) is 47.4 Å². The Hall–Kier alpha value is -2.38. The Bertz CT molecular complexity index is 786. The van der Waals surface area contributed by atoms with E-state index in [1.54, 1.807) is 0 Å². The van der Waals surface area contributed by atoms with Gasteiger partial charge in [-0.1, -0.05) is 18.2 Å². The van der Waals surface area contributed by atoms with Gasteiger partial charge in [0.15, 0.2) is 0 Å². The molecular weight excluding hydrogens is 390 g/mol. The fourth-order valence-corrected chi connectivity index (χ4v) is 4.33. The van der Waals surface area contributed by atoms with Gasteiger partial charge in [-0.05, 0) is 51.9 Å². The van der Waals surface area contributed by atoms with Gasteiger partial charge in [0.05, 0.1) is 12.2 Å². The summed E-state index contributed by atoms with van der Waals surface area (Å²) in [7, 11) is 6.00. The van der Waals surface area contributed by atoms with Crippen molar-refractivity contribution in [3.05, 3.63) is 47.8 Å². The number of ether oxygens (including phenoxy) is 1. The predicted molar refractivity (Wildman–Crippen MR) is 123 cm³/mol. The molecule has 0 unspecified atom stereocenters. The number of nitrogens with one attached hydrogen (secondary N) is 2. The molecular formula is C24H37N5O2. The van der Waals surface area contributed by atoms with Gasteiger partial charge < -0.3 is 19.9 Å². The van der Waals surface area contributed by atoms with E-state index in [2.05, 4.69) is 27.5 Å². The van der Waals surface area contributed by atoms with Gasteiger partial charge in [-0.2, -0.15) is 5.10 Å². The minimum Gasteiger partial charge on any atom is -0.492 e. The number of aromatic nitrogens is 2. The fourth-order valence-electron chi connectivity index (χ4n) is 4.33. The summed E-state index contributed by atoms with van der Waals surface area (Å²) in [6, 6.07) is 9.74. The van der Waals surface area contributed by atoms with Crippen LogP contribution in [0.25, 0.3) is 0 Å². The van der Waals surface area contributed by atoms with Crippen molar-refractivity contribution in [2.45, 2.75) is 38.1 Å². The molecule has 1 aliphatic rings. The van der Waals surface area contributed by atoms with Gasteiger partial charge in [0, 0.05) is 50.3 Å². The maximum Gasteiger partial charge on any atom is 0.225 e. The van der Waals surface area contributed by atoms with E-state index >= 15 is 0 Å². The molecule has 0 radical (unpaired) electrons. The number of amides is 1. The molecule has 0 aliphatic heterocycles. The van der Waals surface area contributed by atoms with Crippen molar-refractivity contribution < 1.29 is 9.53 Å². The van der Waals surface area contributed by atoms with Crippen LogP contribution in [0.5, 0.6) is 5.75 Å². The van der Waals surface area contributed by atoms with E-state index in [0.717, 1.165) is 51.1 Å². The molecule has 1 amide bonds. The van der Waals surface area contributed by atoms with Gasteiger partial charge in [-0.15, -0.1) is 0 Å². The third kappa shape index (κ3) is 6.80. The zero-order valence-electron chi connectivity index (χ0n) is 19.1. The summed E-state index contributed by atoms with van der Waals surface area (Å²) < 4.78 is 5.74. The van der Waals surface area contributed by atoms with Gasteiger partial charge in [0.2, 0.25) is 5.91 Å². The van der Waals surface area contributed by atoms with E-state index in [1.165, 1.54) is 11.3 Å². The minimum atomic E-state index is 0.110. The number of benzene rings is 1. The molecule has 1 fully saturated rings. The molecule has 7 heteroatoms. The number of rotatable bonds is 11. The first kappa shape index (κ1) is 23.3. The molecule has 2 N–H and O–H groups in total. The summed E-state index contributed by atoms with van der Waals surface area (Å²) in [6.07, 6.45) is 5.92. The molecule has 1 saturated carbocycles. The van der Waals surface area contributed by atoms with Crippen molar-refractivity contribution in [1.82, 2.24) is 25.3 Å². The topological polar surface area (TPSA) is 73.5 Å². The molecule has 0 spiro atoms. The molecule has 0 atom stereocenters. The first-order valence-corrected chi connectivity index (χ1v) is 11.4. The number of H-pyrrole nitrogens is 1. The van der Waals surface area contributed by atoms with E-state index in [1.807, 2.05) is 55.5 Å². The van der Waals surface area contributed by atoms with Crippen LogP contribution in [0, 0.1) is 5.92 Å². The number of aromatic amines is 1. The zero-order chi connectivity index (χ0) is 22.1. The molecule has 1 aliphatic carbocycles. The van der Waals surface area contributed by atoms with E-state index in [-0.39, 0.29) is 11.8 Å². The average Bonchev–Trinajstić information content (AvgIpc) is 3.26. The van der Waals surface area contributed by atoms with Crippen molar-refractivity contribution in [2.24, 2.45) is 5.92 Å². The summed E-state index contributed by atoms with van der Waals surface area (Å²) in [5.41, 5.74) is 2.47. The lowest BCUT2D eigenvalue weighted by atomic mass is 9.79. The maximum atomic E-state index is 12.9. The molecule has 0 saturated heterocycles. The lowest BCUT2D eigenvalue weighted by Gasteiger charge is -2.30. The summed E-state index contributed by atoms with van der Waals surface area (Å²) >= 11 is 0. The highest BCUT2D eigenvalue weighted by Crippen LogP contribution is 2.37. The first-order chi connectivity index (χ1) is 15.1. The van der Waals surface area contributed by atoms with Crippen molar-refractivity contribution in [3.63, 3.8) is 0 Å².